The summed E-state index contributed by atoms with van der Waals surface area (Å²) in [5, 5.41) is 14.3. The molecule has 1 fully saturated rings. The molecule has 1 aliphatic rings. The van der Waals surface area contributed by atoms with Crippen molar-refractivity contribution in [2.24, 2.45) is 5.92 Å². The summed E-state index contributed by atoms with van der Waals surface area (Å²) < 4.78 is 10.6. The number of rotatable bonds is 11. The van der Waals surface area contributed by atoms with Gasteiger partial charge in [0.1, 0.15) is 6.04 Å². The van der Waals surface area contributed by atoms with Crippen LogP contribution in [0.25, 0.3) is 0 Å². The molecule has 8 nitrogen and oxygen atoms in total. The first-order chi connectivity index (χ1) is 13.3. The van der Waals surface area contributed by atoms with E-state index in [0.717, 1.165) is 12.0 Å². The van der Waals surface area contributed by atoms with Gasteiger partial charge in [0.05, 0.1) is 12.7 Å². The number of hydrogen-bond donors (Lipinski definition) is 3. The molecule has 8 heteroatoms. The lowest BCUT2D eigenvalue weighted by Gasteiger charge is -2.24. The second-order valence-electron chi connectivity index (χ2n) is 7.28. The van der Waals surface area contributed by atoms with Gasteiger partial charge in [0, 0.05) is 6.54 Å². The Labute approximate surface area is 164 Å². The lowest BCUT2D eigenvalue weighted by atomic mass is 10.1. The Bertz CT molecular complexity index is 679. The zero-order valence-electron chi connectivity index (χ0n) is 16.4. The number of epoxide rings is 1. The highest BCUT2D eigenvalue weighted by Crippen LogP contribution is 2.22. The third-order valence-electron chi connectivity index (χ3n) is 4.42. The molecule has 4 atom stereocenters. The second kappa shape index (κ2) is 10.2. The molecule has 1 saturated heterocycles. The molecular formula is C20H28N2O6. The Balaban J connectivity index is 1.96. The third-order valence-corrected chi connectivity index (χ3v) is 4.42. The van der Waals surface area contributed by atoms with Crippen LogP contribution < -0.4 is 10.6 Å². The van der Waals surface area contributed by atoms with E-state index in [1.807, 2.05) is 44.2 Å². The van der Waals surface area contributed by atoms with Crippen molar-refractivity contribution in [2.45, 2.75) is 58.2 Å². The van der Waals surface area contributed by atoms with Crippen LogP contribution in [0, 0.1) is 5.92 Å². The maximum atomic E-state index is 12.6. The smallest absolute Gasteiger partial charge is 0.336 e. The molecule has 1 heterocycles. The Kier molecular flexibility index (Phi) is 7.95. The minimum Gasteiger partial charge on any atom is -0.479 e. The fourth-order valence-electron chi connectivity index (χ4n) is 2.62. The minimum atomic E-state index is -1.20. The highest BCUT2D eigenvalue weighted by molar-refractivity contribution is 5.95. The van der Waals surface area contributed by atoms with Crippen LogP contribution in [-0.4, -0.2) is 53.8 Å². The van der Waals surface area contributed by atoms with Crippen LogP contribution in [0.15, 0.2) is 30.3 Å². The standard InChI is InChI=1S/C20H28N2O6/c1-12(2)9-10-21-18(23)15(22-19(24)16-17(28-16)20(25)26)13(3)27-11-14-7-5-4-6-8-14/h4-8,12-13,15-17H,9-11H2,1-3H3,(H,21,23)(H,22,24)(H,25,26)/t13-,15-,16+,17+/m1/s1. The molecule has 0 saturated carbocycles. The van der Waals surface area contributed by atoms with Crippen molar-refractivity contribution in [2.75, 3.05) is 6.54 Å². The molecule has 0 radical (unpaired) electrons. The van der Waals surface area contributed by atoms with Crippen molar-refractivity contribution in [3.63, 3.8) is 0 Å². The van der Waals surface area contributed by atoms with Gasteiger partial charge in [-0.25, -0.2) is 4.79 Å². The fraction of sp³-hybridized carbons (Fsp3) is 0.550. The third kappa shape index (κ3) is 6.61. The Morgan fingerprint density at radius 2 is 1.82 bits per heavy atom. The van der Waals surface area contributed by atoms with Crippen LogP contribution in [0.2, 0.25) is 0 Å². The summed E-state index contributed by atoms with van der Waals surface area (Å²) in [6.07, 6.45) is -2.06. The predicted molar refractivity (Wildman–Crippen MR) is 101 cm³/mol. The SMILES string of the molecule is CC(C)CCNC(=O)[C@H](NC(=O)[C@H]1O[C@@H]1C(=O)O)[C@@H](C)OCc1ccccc1. The molecule has 3 N–H and O–H groups in total. The molecule has 0 aromatic heterocycles. The first-order valence-corrected chi connectivity index (χ1v) is 9.41. The maximum absolute atomic E-state index is 12.6. The van der Waals surface area contributed by atoms with Crippen molar-refractivity contribution in [1.29, 1.82) is 0 Å². The topological polar surface area (TPSA) is 117 Å². The van der Waals surface area contributed by atoms with E-state index in [4.69, 9.17) is 14.6 Å². The van der Waals surface area contributed by atoms with Gasteiger partial charge in [0.15, 0.2) is 12.2 Å². The summed E-state index contributed by atoms with van der Waals surface area (Å²) in [7, 11) is 0. The van der Waals surface area contributed by atoms with E-state index >= 15 is 0 Å². The molecule has 2 rings (SSSR count). The number of nitrogens with one attached hydrogen (secondary N) is 2. The first-order valence-electron chi connectivity index (χ1n) is 9.41. The number of carboxylic acids is 1. The molecule has 28 heavy (non-hydrogen) atoms. The Morgan fingerprint density at radius 3 is 2.39 bits per heavy atom. The number of carbonyl (C=O) groups excluding carboxylic acids is 2. The molecule has 1 aromatic carbocycles. The van der Waals surface area contributed by atoms with Gasteiger partial charge in [-0.1, -0.05) is 44.2 Å². The van der Waals surface area contributed by atoms with E-state index < -0.39 is 36.2 Å². The summed E-state index contributed by atoms with van der Waals surface area (Å²) in [4.78, 5) is 35.8. The second-order valence-corrected chi connectivity index (χ2v) is 7.28. The average molecular weight is 392 g/mol. The van der Waals surface area contributed by atoms with Crippen LogP contribution in [0.4, 0.5) is 0 Å². The van der Waals surface area contributed by atoms with Gasteiger partial charge in [0.25, 0.3) is 5.91 Å². The lowest BCUT2D eigenvalue weighted by Crippen LogP contribution is -2.54. The predicted octanol–water partition coefficient (Wildman–Crippen LogP) is 1.09. The van der Waals surface area contributed by atoms with Crippen LogP contribution in [-0.2, 0) is 30.5 Å². The fourth-order valence-corrected chi connectivity index (χ4v) is 2.62. The minimum absolute atomic E-state index is 0.283. The van der Waals surface area contributed by atoms with Crippen LogP contribution in [0.5, 0.6) is 0 Å². The summed E-state index contributed by atoms with van der Waals surface area (Å²) in [5.74, 6) is -1.78. The Morgan fingerprint density at radius 1 is 1.14 bits per heavy atom. The molecule has 0 bridgehead atoms. The van der Waals surface area contributed by atoms with Gasteiger partial charge < -0.3 is 25.2 Å². The van der Waals surface area contributed by atoms with E-state index in [0.29, 0.717) is 12.5 Å². The Hall–Kier alpha value is -2.45. The van der Waals surface area contributed by atoms with E-state index in [2.05, 4.69) is 10.6 Å². The molecule has 1 aromatic rings. The van der Waals surface area contributed by atoms with Gasteiger partial charge >= 0.3 is 5.97 Å². The number of ether oxygens (including phenoxy) is 2. The monoisotopic (exact) mass is 392 g/mol. The number of amides is 2. The molecule has 0 spiro atoms. The normalized spacial score (nSPS) is 20.3. The van der Waals surface area contributed by atoms with Gasteiger partial charge in [-0.2, -0.15) is 0 Å². The van der Waals surface area contributed by atoms with Gasteiger partial charge in [-0.15, -0.1) is 0 Å². The van der Waals surface area contributed by atoms with Gasteiger partial charge in [0.2, 0.25) is 5.91 Å². The van der Waals surface area contributed by atoms with E-state index in [1.54, 1.807) is 6.92 Å². The summed E-state index contributed by atoms with van der Waals surface area (Å²) in [5.41, 5.74) is 0.941. The number of hydrogen-bond acceptors (Lipinski definition) is 5. The summed E-state index contributed by atoms with van der Waals surface area (Å²) in [6, 6.07) is 8.51. The molecule has 154 valence electrons. The summed E-state index contributed by atoms with van der Waals surface area (Å²) in [6.45, 7) is 6.55. The summed E-state index contributed by atoms with van der Waals surface area (Å²) >= 11 is 0. The number of aliphatic carboxylic acids is 1. The highest BCUT2D eigenvalue weighted by Gasteiger charge is 2.51. The quantitative estimate of drug-likeness (QED) is 0.485. The van der Waals surface area contributed by atoms with Crippen LogP contribution >= 0.6 is 0 Å². The molecular weight excluding hydrogens is 364 g/mol. The van der Waals surface area contributed by atoms with Crippen LogP contribution in [0.1, 0.15) is 32.8 Å². The van der Waals surface area contributed by atoms with Crippen molar-refractivity contribution in [3.05, 3.63) is 35.9 Å². The van der Waals surface area contributed by atoms with Crippen molar-refractivity contribution < 1.29 is 29.0 Å². The average Bonchev–Trinajstić information content (AvgIpc) is 3.45. The van der Waals surface area contributed by atoms with Crippen LogP contribution in [0.3, 0.4) is 0 Å². The first kappa shape index (κ1) is 21.8. The number of carboxylic acid groups (broad SMARTS) is 1. The van der Waals surface area contributed by atoms with Crippen molar-refractivity contribution in [1.82, 2.24) is 10.6 Å². The van der Waals surface area contributed by atoms with E-state index in [-0.39, 0.29) is 12.5 Å². The van der Waals surface area contributed by atoms with Gasteiger partial charge in [-0.3, -0.25) is 9.59 Å². The lowest BCUT2D eigenvalue weighted by molar-refractivity contribution is -0.138. The number of carbonyl (C=O) groups is 3. The largest absolute Gasteiger partial charge is 0.479 e. The van der Waals surface area contributed by atoms with E-state index in [9.17, 15) is 14.4 Å². The number of benzene rings is 1. The molecule has 1 aliphatic heterocycles. The zero-order chi connectivity index (χ0) is 20.7. The maximum Gasteiger partial charge on any atom is 0.336 e. The molecule has 0 aliphatic carbocycles. The molecule has 2 amide bonds. The van der Waals surface area contributed by atoms with Crippen molar-refractivity contribution >= 4 is 17.8 Å². The van der Waals surface area contributed by atoms with Crippen molar-refractivity contribution in [3.8, 4) is 0 Å². The molecule has 0 unspecified atom stereocenters. The highest BCUT2D eigenvalue weighted by atomic mass is 16.6. The van der Waals surface area contributed by atoms with E-state index in [1.165, 1.54) is 0 Å². The van der Waals surface area contributed by atoms with Gasteiger partial charge in [-0.05, 0) is 24.8 Å². The zero-order valence-corrected chi connectivity index (χ0v) is 16.4.